The van der Waals surface area contributed by atoms with Crippen LogP contribution in [-0.4, -0.2) is 22.2 Å². The Morgan fingerprint density at radius 3 is 2.93 bits per heavy atom. The van der Waals surface area contributed by atoms with Gasteiger partial charge in [0.15, 0.2) is 0 Å². The lowest BCUT2D eigenvalue weighted by Crippen LogP contribution is -2.42. The molecule has 0 aromatic carbocycles. The minimum absolute atomic E-state index is 0.151. The van der Waals surface area contributed by atoms with E-state index in [1.165, 1.54) is 23.4 Å². The quantitative estimate of drug-likeness (QED) is 0.817. The first-order valence-electron chi connectivity index (χ1n) is 5.44. The second-order valence-electron chi connectivity index (χ2n) is 4.73. The Labute approximate surface area is 94.5 Å². The van der Waals surface area contributed by atoms with Crippen LogP contribution >= 0.6 is 11.3 Å². The first kappa shape index (κ1) is 11.0. The van der Waals surface area contributed by atoms with Crippen LogP contribution in [0.4, 0.5) is 0 Å². The molecule has 1 heterocycles. The number of thiazole rings is 1. The first-order valence-corrected chi connectivity index (χ1v) is 6.26. The van der Waals surface area contributed by atoms with Crippen molar-refractivity contribution in [3.8, 4) is 0 Å². The smallest absolute Gasteiger partial charge is 0.107 e. The van der Waals surface area contributed by atoms with Gasteiger partial charge in [-0.1, -0.05) is 0 Å². The van der Waals surface area contributed by atoms with Gasteiger partial charge >= 0.3 is 0 Å². The van der Waals surface area contributed by atoms with E-state index in [0.29, 0.717) is 0 Å². The van der Waals surface area contributed by atoms with E-state index in [2.05, 4.69) is 10.3 Å². The second-order valence-corrected chi connectivity index (χ2v) is 5.89. The Hall–Kier alpha value is -0.450. The van der Waals surface area contributed by atoms with E-state index in [-0.39, 0.29) is 12.1 Å². The standard InChI is InChI=1S/C11H18N2OS/c1-11(2,7-14)12-6-10-13-8-4-3-5-9(8)15-10/h12,14H,3-7H2,1-2H3. The number of aryl methyl sites for hydroxylation is 2. The van der Waals surface area contributed by atoms with Crippen molar-refractivity contribution in [2.75, 3.05) is 6.61 Å². The highest BCUT2D eigenvalue weighted by Gasteiger charge is 2.19. The lowest BCUT2D eigenvalue weighted by Gasteiger charge is -2.22. The number of nitrogens with zero attached hydrogens (tertiary/aromatic N) is 1. The fourth-order valence-electron chi connectivity index (χ4n) is 1.69. The molecule has 84 valence electrons. The number of aromatic nitrogens is 1. The van der Waals surface area contributed by atoms with Crippen molar-refractivity contribution in [2.24, 2.45) is 0 Å². The third kappa shape index (κ3) is 2.56. The minimum atomic E-state index is -0.212. The van der Waals surface area contributed by atoms with E-state index in [1.807, 2.05) is 25.2 Å². The fourth-order valence-corrected chi connectivity index (χ4v) is 2.79. The number of hydrogen-bond donors (Lipinski definition) is 2. The molecule has 0 aliphatic heterocycles. The van der Waals surface area contributed by atoms with Gasteiger partial charge in [0.2, 0.25) is 0 Å². The van der Waals surface area contributed by atoms with Crippen LogP contribution in [-0.2, 0) is 19.4 Å². The summed E-state index contributed by atoms with van der Waals surface area (Å²) in [5.41, 5.74) is 1.09. The summed E-state index contributed by atoms with van der Waals surface area (Å²) in [4.78, 5) is 6.07. The normalized spacial score (nSPS) is 15.7. The molecule has 4 heteroatoms. The number of aliphatic hydroxyl groups excluding tert-OH is 1. The number of aliphatic hydroxyl groups is 1. The maximum absolute atomic E-state index is 9.11. The lowest BCUT2D eigenvalue weighted by atomic mass is 10.1. The van der Waals surface area contributed by atoms with Crippen molar-refractivity contribution in [1.82, 2.24) is 10.3 Å². The lowest BCUT2D eigenvalue weighted by molar-refractivity contribution is 0.187. The van der Waals surface area contributed by atoms with Crippen LogP contribution in [0, 0.1) is 0 Å². The third-order valence-corrected chi connectivity index (χ3v) is 3.91. The van der Waals surface area contributed by atoms with E-state index < -0.39 is 0 Å². The molecule has 0 unspecified atom stereocenters. The summed E-state index contributed by atoms with van der Waals surface area (Å²) < 4.78 is 0. The van der Waals surface area contributed by atoms with Crippen molar-refractivity contribution in [2.45, 2.75) is 45.2 Å². The summed E-state index contributed by atoms with van der Waals surface area (Å²) in [5.74, 6) is 0. The van der Waals surface area contributed by atoms with E-state index in [1.54, 1.807) is 0 Å². The molecule has 1 aliphatic carbocycles. The van der Waals surface area contributed by atoms with Gasteiger partial charge in [0.1, 0.15) is 5.01 Å². The van der Waals surface area contributed by atoms with Crippen molar-refractivity contribution in [3.63, 3.8) is 0 Å². The van der Waals surface area contributed by atoms with E-state index in [9.17, 15) is 0 Å². The molecular weight excluding hydrogens is 208 g/mol. The number of nitrogens with one attached hydrogen (secondary N) is 1. The number of hydrogen-bond acceptors (Lipinski definition) is 4. The summed E-state index contributed by atoms with van der Waals surface area (Å²) in [5, 5.41) is 13.6. The average Bonchev–Trinajstić information content (AvgIpc) is 2.74. The molecular formula is C11H18N2OS. The molecule has 0 bridgehead atoms. The van der Waals surface area contributed by atoms with E-state index >= 15 is 0 Å². The zero-order chi connectivity index (χ0) is 10.9. The molecule has 0 radical (unpaired) electrons. The molecule has 0 saturated heterocycles. The van der Waals surface area contributed by atoms with Gasteiger partial charge in [-0.15, -0.1) is 11.3 Å². The highest BCUT2D eigenvalue weighted by molar-refractivity contribution is 7.11. The molecule has 0 atom stereocenters. The largest absolute Gasteiger partial charge is 0.394 e. The predicted octanol–water partition coefficient (Wildman–Crippen LogP) is 1.49. The molecule has 2 N–H and O–H groups in total. The first-order chi connectivity index (χ1) is 7.11. The van der Waals surface area contributed by atoms with Crippen LogP contribution in [0.2, 0.25) is 0 Å². The molecule has 1 aromatic rings. The average molecular weight is 226 g/mol. The van der Waals surface area contributed by atoms with Gasteiger partial charge < -0.3 is 10.4 Å². The van der Waals surface area contributed by atoms with Crippen LogP contribution in [0.1, 0.15) is 35.8 Å². The highest BCUT2D eigenvalue weighted by Crippen LogP contribution is 2.27. The van der Waals surface area contributed by atoms with Gasteiger partial charge in [-0.05, 0) is 33.1 Å². The zero-order valence-corrected chi connectivity index (χ0v) is 10.2. The maximum atomic E-state index is 9.11. The molecule has 0 amide bonds. The molecule has 1 aliphatic rings. The summed E-state index contributed by atoms with van der Waals surface area (Å²) in [6.45, 7) is 4.91. The second kappa shape index (κ2) is 4.20. The van der Waals surface area contributed by atoms with Crippen LogP contribution in [0.25, 0.3) is 0 Å². The predicted molar refractivity (Wildman–Crippen MR) is 62.1 cm³/mol. The Kier molecular flexibility index (Phi) is 3.09. The molecule has 1 aromatic heterocycles. The Morgan fingerprint density at radius 1 is 1.47 bits per heavy atom. The summed E-state index contributed by atoms with van der Waals surface area (Å²) in [6, 6.07) is 0. The monoisotopic (exact) mass is 226 g/mol. The van der Waals surface area contributed by atoms with Gasteiger partial charge in [-0.2, -0.15) is 0 Å². The van der Waals surface area contributed by atoms with Gasteiger partial charge in [0.05, 0.1) is 12.3 Å². The molecule has 3 nitrogen and oxygen atoms in total. The number of rotatable bonds is 4. The minimum Gasteiger partial charge on any atom is -0.394 e. The van der Waals surface area contributed by atoms with Crippen molar-refractivity contribution < 1.29 is 5.11 Å². The van der Waals surface area contributed by atoms with E-state index in [0.717, 1.165) is 18.0 Å². The third-order valence-electron chi connectivity index (χ3n) is 2.75. The summed E-state index contributed by atoms with van der Waals surface area (Å²) in [6.07, 6.45) is 3.62. The molecule has 15 heavy (non-hydrogen) atoms. The summed E-state index contributed by atoms with van der Waals surface area (Å²) >= 11 is 1.82. The Bertz CT molecular complexity index is 325. The molecule has 0 spiro atoms. The van der Waals surface area contributed by atoms with Crippen molar-refractivity contribution >= 4 is 11.3 Å². The molecule has 0 saturated carbocycles. The zero-order valence-electron chi connectivity index (χ0n) is 9.34. The summed E-state index contributed by atoms with van der Waals surface area (Å²) in [7, 11) is 0. The van der Waals surface area contributed by atoms with E-state index in [4.69, 9.17) is 5.11 Å². The van der Waals surface area contributed by atoms with Gasteiger partial charge in [-0.25, -0.2) is 4.98 Å². The number of fused-ring (bicyclic) bond motifs is 1. The Balaban J connectivity index is 1.94. The Morgan fingerprint density at radius 2 is 2.27 bits per heavy atom. The maximum Gasteiger partial charge on any atom is 0.107 e. The fraction of sp³-hybridized carbons (Fsp3) is 0.727. The highest BCUT2D eigenvalue weighted by atomic mass is 32.1. The van der Waals surface area contributed by atoms with Crippen LogP contribution in [0.3, 0.4) is 0 Å². The molecule has 2 rings (SSSR count). The van der Waals surface area contributed by atoms with Crippen molar-refractivity contribution in [3.05, 3.63) is 15.6 Å². The van der Waals surface area contributed by atoms with Gasteiger partial charge in [0.25, 0.3) is 0 Å². The van der Waals surface area contributed by atoms with Crippen LogP contribution in [0.5, 0.6) is 0 Å². The molecule has 0 fully saturated rings. The SMILES string of the molecule is CC(C)(CO)NCc1nc2c(s1)CCC2. The van der Waals surface area contributed by atoms with Crippen molar-refractivity contribution in [1.29, 1.82) is 0 Å². The van der Waals surface area contributed by atoms with Crippen LogP contribution < -0.4 is 5.32 Å². The topological polar surface area (TPSA) is 45.1 Å². The van der Waals surface area contributed by atoms with Crippen LogP contribution in [0.15, 0.2) is 0 Å². The van der Waals surface area contributed by atoms with Gasteiger partial charge in [-0.3, -0.25) is 0 Å². The van der Waals surface area contributed by atoms with Gasteiger partial charge in [0, 0.05) is 17.0 Å².